The SMILES string of the molecule is CC(NC(=O)COc1ccc([N+](=O)[O-])cc1)c1cccc(Br)c1. The number of rotatable bonds is 6. The van der Waals surface area contributed by atoms with Crippen molar-refractivity contribution in [3.8, 4) is 5.75 Å². The zero-order chi connectivity index (χ0) is 16.8. The van der Waals surface area contributed by atoms with Crippen LogP contribution in [0.15, 0.2) is 53.0 Å². The molecule has 0 saturated carbocycles. The Morgan fingerprint density at radius 2 is 2.00 bits per heavy atom. The first-order chi connectivity index (χ1) is 11.0. The smallest absolute Gasteiger partial charge is 0.269 e. The molecule has 2 aromatic carbocycles. The summed E-state index contributed by atoms with van der Waals surface area (Å²) in [5.41, 5.74) is 0.952. The second kappa shape index (κ2) is 7.73. The number of ether oxygens (including phenoxy) is 1. The highest BCUT2D eigenvalue weighted by Gasteiger charge is 2.11. The maximum Gasteiger partial charge on any atom is 0.269 e. The highest BCUT2D eigenvalue weighted by Crippen LogP contribution is 2.19. The van der Waals surface area contributed by atoms with E-state index in [-0.39, 0.29) is 24.2 Å². The van der Waals surface area contributed by atoms with Crippen molar-refractivity contribution in [1.29, 1.82) is 0 Å². The molecule has 0 aliphatic heterocycles. The van der Waals surface area contributed by atoms with E-state index in [0.717, 1.165) is 10.0 Å². The number of nitrogens with one attached hydrogen (secondary N) is 1. The third-order valence-electron chi connectivity index (χ3n) is 3.14. The second-order valence-corrected chi connectivity index (χ2v) is 5.80. The standard InChI is InChI=1S/C16H15BrN2O4/c1-11(12-3-2-4-13(17)9-12)18-16(20)10-23-15-7-5-14(6-8-15)19(21)22/h2-9,11H,10H2,1H3,(H,18,20). The number of nitro benzene ring substituents is 1. The fraction of sp³-hybridized carbons (Fsp3) is 0.188. The molecule has 2 aromatic rings. The summed E-state index contributed by atoms with van der Waals surface area (Å²) in [4.78, 5) is 22.0. The first-order valence-corrected chi connectivity index (χ1v) is 7.67. The molecule has 120 valence electrons. The molecule has 0 radical (unpaired) electrons. The van der Waals surface area contributed by atoms with E-state index in [2.05, 4.69) is 21.2 Å². The number of nitrogens with zero attached hydrogens (tertiary/aromatic N) is 1. The molecule has 1 atom stereocenters. The maximum absolute atomic E-state index is 11.9. The summed E-state index contributed by atoms with van der Waals surface area (Å²) in [6.45, 7) is 1.72. The summed E-state index contributed by atoms with van der Waals surface area (Å²) in [6.07, 6.45) is 0. The maximum atomic E-state index is 11.9. The van der Waals surface area contributed by atoms with Crippen molar-refractivity contribution < 1.29 is 14.5 Å². The topological polar surface area (TPSA) is 81.5 Å². The third-order valence-corrected chi connectivity index (χ3v) is 3.64. The Morgan fingerprint density at radius 1 is 1.30 bits per heavy atom. The van der Waals surface area contributed by atoms with E-state index in [1.807, 2.05) is 31.2 Å². The van der Waals surface area contributed by atoms with Gasteiger partial charge in [-0.25, -0.2) is 0 Å². The van der Waals surface area contributed by atoms with Gasteiger partial charge in [-0.1, -0.05) is 28.1 Å². The van der Waals surface area contributed by atoms with Gasteiger partial charge in [0.25, 0.3) is 11.6 Å². The third kappa shape index (κ3) is 5.07. The number of benzene rings is 2. The minimum absolute atomic E-state index is 0.0231. The Morgan fingerprint density at radius 3 is 2.61 bits per heavy atom. The first kappa shape index (κ1) is 17.0. The lowest BCUT2D eigenvalue weighted by atomic mass is 10.1. The zero-order valence-corrected chi connectivity index (χ0v) is 13.9. The number of carbonyl (C=O) groups is 1. The van der Waals surface area contributed by atoms with Crippen LogP contribution in [-0.4, -0.2) is 17.4 Å². The number of nitro groups is 1. The van der Waals surface area contributed by atoms with Gasteiger partial charge in [0.05, 0.1) is 11.0 Å². The highest BCUT2D eigenvalue weighted by atomic mass is 79.9. The Kier molecular flexibility index (Phi) is 5.70. The average Bonchev–Trinajstić information content (AvgIpc) is 2.53. The molecule has 6 nitrogen and oxygen atoms in total. The van der Waals surface area contributed by atoms with Gasteiger partial charge in [-0.2, -0.15) is 0 Å². The Bertz CT molecular complexity index is 703. The predicted molar refractivity (Wildman–Crippen MR) is 89.3 cm³/mol. The number of halogens is 1. The van der Waals surface area contributed by atoms with Crippen LogP contribution in [0.25, 0.3) is 0 Å². The lowest BCUT2D eigenvalue weighted by Gasteiger charge is -2.15. The van der Waals surface area contributed by atoms with Crippen LogP contribution in [0, 0.1) is 10.1 Å². The molecule has 0 bridgehead atoms. The molecular weight excluding hydrogens is 364 g/mol. The van der Waals surface area contributed by atoms with Crippen molar-refractivity contribution >= 4 is 27.5 Å². The molecule has 2 rings (SSSR count). The van der Waals surface area contributed by atoms with E-state index in [1.165, 1.54) is 24.3 Å². The molecule has 0 fully saturated rings. The molecule has 0 aromatic heterocycles. The van der Waals surface area contributed by atoms with Crippen LogP contribution >= 0.6 is 15.9 Å². The zero-order valence-electron chi connectivity index (χ0n) is 12.4. The molecule has 1 amide bonds. The summed E-state index contributed by atoms with van der Waals surface area (Å²) in [6, 6.07) is 13.1. The van der Waals surface area contributed by atoms with Crippen molar-refractivity contribution in [1.82, 2.24) is 5.32 Å². The van der Waals surface area contributed by atoms with Crippen LogP contribution in [-0.2, 0) is 4.79 Å². The van der Waals surface area contributed by atoms with Crippen LogP contribution in [0.5, 0.6) is 5.75 Å². The van der Waals surface area contributed by atoms with E-state index in [1.54, 1.807) is 0 Å². The van der Waals surface area contributed by atoms with Crippen molar-refractivity contribution in [2.24, 2.45) is 0 Å². The summed E-state index contributed by atoms with van der Waals surface area (Å²) in [5.74, 6) is 0.136. The minimum atomic E-state index is -0.490. The fourth-order valence-corrected chi connectivity index (χ4v) is 2.37. The molecule has 0 saturated heterocycles. The van der Waals surface area contributed by atoms with Crippen LogP contribution in [0.3, 0.4) is 0 Å². The summed E-state index contributed by atoms with van der Waals surface area (Å²) < 4.78 is 6.26. The molecule has 1 N–H and O–H groups in total. The van der Waals surface area contributed by atoms with E-state index in [0.29, 0.717) is 5.75 Å². The molecule has 0 aliphatic rings. The molecule has 0 heterocycles. The van der Waals surface area contributed by atoms with Crippen LogP contribution in [0.4, 0.5) is 5.69 Å². The van der Waals surface area contributed by atoms with Gasteiger partial charge in [-0.3, -0.25) is 14.9 Å². The molecule has 0 aliphatic carbocycles. The summed E-state index contributed by atoms with van der Waals surface area (Å²) >= 11 is 3.39. The highest BCUT2D eigenvalue weighted by molar-refractivity contribution is 9.10. The van der Waals surface area contributed by atoms with Gasteiger partial charge < -0.3 is 10.1 Å². The number of non-ortho nitro benzene ring substituents is 1. The number of hydrogen-bond acceptors (Lipinski definition) is 4. The number of hydrogen-bond donors (Lipinski definition) is 1. The van der Waals surface area contributed by atoms with E-state index in [4.69, 9.17) is 4.74 Å². The van der Waals surface area contributed by atoms with Gasteiger partial charge in [0.2, 0.25) is 0 Å². The summed E-state index contributed by atoms with van der Waals surface area (Å²) in [7, 11) is 0. The van der Waals surface area contributed by atoms with Crippen molar-refractivity contribution in [3.63, 3.8) is 0 Å². The van der Waals surface area contributed by atoms with Crippen molar-refractivity contribution in [3.05, 3.63) is 68.7 Å². The van der Waals surface area contributed by atoms with Gasteiger partial charge in [0.1, 0.15) is 5.75 Å². The van der Waals surface area contributed by atoms with Crippen molar-refractivity contribution in [2.45, 2.75) is 13.0 Å². The van der Waals surface area contributed by atoms with Crippen LogP contribution < -0.4 is 10.1 Å². The quantitative estimate of drug-likeness (QED) is 0.614. The monoisotopic (exact) mass is 378 g/mol. The largest absolute Gasteiger partial charge is 0.484 e. The van der Waals surface area contributed by atoms with E-state index < -0.39 is 4.92 Å². The van der Waals surface area contributed by atoms with Gasteiger partial charge in [-0.15, -0.1) is 0 Å². The molecular formula is C16H15BrN2O4. The molecule has 1 unspecified atom stereocenters. The molecule has 7 heteroatoms. The molecule has 23 heavy (non-hydrogen) atoms. The van der Waals surface area contributed by atoms with Gasteiger partial charge in [-0.05, 0) is 36.8 Å². The van der Waals surface area contributed by atoms with Gasteiger partial charge in [0.15, 0.2) is 6.61 Å². The Labute approximate surface area is 141 Å². The predicted octanol–water partition coefficient (Wildman–Crippen LogP) is 3.61. The number of carbonyl (C=O) groups excluding carboxylic acids is 1. The fourth-order valence-electron chi connectivity index (χ4n) is 1.96. The number of amides is 1. The van der Waals surface area contributed by atoms with E-state index >= 15 is 0 Å². The first-order valence-electron chi connectivity index (χ1n) is 6.88. The minimum Gasteiger partial charge on any atom is -0.484 e. The molecule has 0 spiro atoms. The Hall–Kier alpha value is -2.41. The average molecular weight is 379 g/mol. The van der Waals surface area contributed by atoms with Gasteiger partial charge in [0, 0.05) is 16.6 Å². The van der Waals surface area contributed by atoms with Crippen molar-refractivity contribution in [2.75, 3.05) is 6.61 Å². The lowest BCUT2D eigenvalue weighted by molar-refractivity contribution is -0.384. The van der Waals surface area contributed by atoms with Crippen LogP contribution in [0.2, 0.25) is 0 Å². The normalized spacial score (nSPS) is 11.6. The lowest BCUT2D eigenvalue weighted by Crippen LogP contribution is -2.31. The van der Waals surface area contributed by atoms with Crippen LogP contribution in [0.1, 0.15) is 18.5 Å². The summed E-state index contributed by atoms with van der Waals surface area (Å²) in [5, 5.41) is 13.4. The Balaban J connectivity index is 1.86. The van der Waals surface area contributed by atoms with E-state index in [9.17, 15) is 14.9 Å². The van der Waals surface area contributed by atoms with Gasteiger partial charge >= 0.3 is 0 Å². The second-order valence-electron chi connectivity index (χ2n) is 4.88.